The molecule has 18 heavy (non-hydrogen) atoms. The van der Waals surface area contributed by atoms with Crippen molar-refractivity contribution < 1.29 is 4.52 Å². The molecule has 1 aromatic heterocycles. The van der Waals surface area contributed by atoms with Gasteiger partial charge in [-0.15, -0.1) is 0 Å². The molecule has 1 unspecified atom stereocenters. The van der Waals surface area contributed by atoms with E-state index in [4.69, 9.17) is 4.52 Å². The summed E-state index contributed by atoms with van der Waals surface area (Å²) in [7, 11) is 0. The molecule has 2 heterocycles. The number of amidine groups is 1. The third-order valence-corrected chi connectivity index (χ3v) is 4.00. The molecular formula is C13H21N3OS. The number of aryl methyl sites for hydroxylation is 1. The summed E-state index contributed by atoms with van der Waals surface area (Å²) in [5.41, 5.74) is 1.17. The van der Waals surface area contributed by atoms with E-state index in [1.54, 1.807) is 11.8 Å². The number of rotatable bonds is 2. The molecule has 1 fully saturated rings. The van der Waals surface area contributed by atoms with Gasteiger partial charge in [0.1, 0.15) is 6.54 Å². The molecule has 1 saturated heterocycles. The highest BCUT2D eigenvalue weighted by Crippen LogP contribution is 2.27. The molecule has 0 aliphatic carbocycles. The molecule has 100 valence electrons. The number of thioether (sulfide) groups is 1. The zero-order chi connectivity index (χ0) is 13.2. The molecule has 0 amide bonds. The van der Waals surface area contributed by atoms with Gasteiger partial charge in [-0.05, 0) is 18.8 Å². The highest BCUT2D eigenvalue weighted by molar-refractivity contribution is 8.13. The molecule has 0 saturated carbocycles. The first-order valence-electron chi connectivity index (χ1n) is 6.31. The largest absolute Gasteiger partial charge is 0.362 e. The van der Waals surface area contributed by atoms with E-state index in [9.17, 15) is 0 Å². The maximum absolute atomic E-state index is 5.16. The van der Waals surface area contributed by atoms with Gasteiger partial charge in [0, 0.05) is 17.9 Å². The van der Waals surface area contributed by atoms with Gasteiger partial charge in [0.25, 0.3) is 0 Å². The first-order valence-corrected chi connectivity index (χ1v) is 7.30. The van der Waals surface area contributed by atoms with Crippen LogP contribution < -0.4 is 5.32 Å². The molecule has 5 heteroatoms. The smallest absolute Gasteiger partial charge is 0.158 e. The van der Waals surface area contributed by atoms with Crippen molar-refractivity contribution in [2.75, 3.05) is 5.75 Å². The van der Waals surface area contributed by atoms with Crippen molar-refractivity contribution in [3.63, 3.8) is 0 Å². The minimum atomic E-state index is 0.268. The van der Waals surface area contributed by atoms with Gasteiger partial charge in [0.05, 0.1) is 5.69 Å². The van der Waals surface area contributed by atoms with E-state index >= 15 is 0 Å². The van der Waals surface area contributed by atoms with E-state index in [2.05, 4.69) is 36.2 Å². The van der Waals surface area contributed by atoms with E-state index in [1.165, 1.54) is 6.42 Å². The molecule has 0 aromatic carbocycles. The lowest BCUT2D eigenvalue weighted by atomic mass is 9.85. The molecule has 4 nitrogen and oxygen atoms in total. The van der Waals surface area contributed by atoms with E-state index in [0.29, 0.717) is 12.6 Å². The van der Waals surface area contributed by atoms with Crippen molar-refractivity contribution in [1.29, 1.82) is 0 Å². The maximum atomic E-state index is 5.16. The van der Waals surface area contributed by atoms with Crippen LogP contribution in [0.25, 0.3) is 0 Å². The Kier molecular flexibility index (Phi) is 4.00. The van der Waals surface area contributed by atoms with Crippen LogP contribution in [0.3, 0.4) is 0 Å². The van der Waals surface area contributed by atoms with Crippen LogP contribution in [-0.2, 0) is 6.54 Å². The Labute approximate surface area is 113 Å². The number of hydrogen-bond acceptors (Lipinski definition) is 4. The van der Waals surface area contributed by atoms with Crippen LogP contribution in [0.1, 0.15) is 38.6 Å². The first kappa shape index (κ1) is 13.5. The SMILES string of the molecule is Cc1cc(CN=C2NC(C(C)(C)C)CCS2)on1. The predicted molar refractivity (Wildman–Crippen MR) is 75.8 cm³/mol. The van der Waals surface area contributed by atoms with Crippen molar-refractivity contribution in [3.8, 4) is 0 Å². The van der Waals surface area contributed by atoms with E-state index < -0.39 is 0 Å². The van der Waals surface area contributed by atoms with Crippen molar-refractivity contribution in [2.24, 2.45) is 10.4 Å². The summed E-state index contributed by atoms with van der Waals surface area (Å²) < 4.78 is 5.16. The van der Waals surface area contributed by atoms with Crippen LogP contribution in [0.15, 0.2) is 15.6 Å². The van der Waals surface area contributed by atoms with Gasteiger partial charge in [0.2, 0.25) is 0 Å². The summed E-state index contributed by atoms with van der Waals surface area (Å²) in [6.07, 6.45) is 1.19. The van der Waals surface area contributed by atoms with Crippen LogP contribution in [0.5, 0.6) is 0 Å². The normalized spacial score (nSPS) is 23.1. The summed E-state index contributed by atoms with van der Waals surface area (Å²) in [5, 5.41) is 8.41. The summed E-state index contributed by atoms with van der Waals surface area (Å²) in [5.74, 6) is 1.95. The number of hydrogen-bond donors (Lipinski definition) is 1. The topological polar surface area (TPSA) is 50.4 Å². The lowest BCUT2D eigenvalue weighted by molar-refractivity contribution is 0.290. The molecule has 0 spiro atoms. The fourth-order valence-corrected chi connectivity index (χ4v) is 2.85. The second kappa shape index (κ2) is 5.34. The molecule has 1 aliphatic heterocycles. The predicted octanol–water partition coefficient (Wildman–Crippen LogP) is 2.98. The fraction of sp³-hybridized carbons (Fsp3) is 0.692. The third kappa shape index (κ3) is 3.51. The molecule has 1 N–H and O–H groups in total. The van der Waals surface area contributed by atoms with Gasteiger partial charge >= 0.3 is 0 Å². The number of aliphatic imine (C=N–C) groups is 1. The standard InChI is InChI=1S/C13H21N3OS/c1-9-7-10(17-16-9)8-14-12-15-11(5-6-18-12)13(2,3)4/h7,11H,5-6,8H2,1-4H3,(H,14,15). The van der Waals surface area contributed by atoms with Crippen LogP contribution >= 0.6 is 11.8 Å². The van der Waals surface area contributed by atoms with E-state index in [-0.39, 0.29) is 5.41 Å². The quantitative estimate of drug-likeness (QED) is 0.895. The molecule has 1 atom stereocenters. The average Bonchev–Trinajstić information content (AvgIpc) is 2.72. The van der Waals surface area contributed by atoms with Crippen LogP contribution in [0.2, 0.25) is 0 Å². The molecule has 0 radical (unpaired) electrons. The van der Waals surface area contributed by atoms with Gasteiger partial charge in [-0.2, -0.15) is 0 Å². The Bertz CT molecular complexity index is 434. The lowest BCUT2D eigenvalue weighted by Crippen LogP contribution is -2.46. The van der Waals surface area contributed by atoms with Gasteiger partial charge in [0.15, 0.2) is 10.9 Å². The molecule has 2 rings (SSSR count). The van der Waals surface area contributed by atoms with E-state index in [0.717, 1.165) is 22.4 Å². The first-order chi connectivity index (χ1) is 8.45. The Balaban J connectivity index is 1.96. The average molecular weight is 267 g/mol. The van der Waals surface area contributed by atoms with Crippen molar-refractivity contribution in [2.45, 2.75) is 46.7 Å². The van der Waals surface area contributed by atoms with Gasteiger partial charge < -0.3 is 9.84 Å². The highest BCUT2D eigenvalue weighted by atomic mass is 32.2. The van der Waals surface area contributed by atoms with Crippen molar-refractivity contribution >= 4 is 16.9 Å². The Morgan fingerprint density at radius 2 is 2.33 bits per heavy atom. The summed E-state index contributed by atoms with van der Waals surface area (Å²) in [6.45, 7) is 9.27. The Hall–Kier alpha value is -0.970. The van der Waals surface area contributed by atoms with E-state index in [1.807, 2.05) is 13.0 Å². The summed E-state index contributed by atoms with van der Waals surface area (Å²) >= 11 is 1.79. The number of aromatic nitrogens is 1. The van der Waals surface area contributed by atoms with Gasteiger partial charge in [-0.3, -0.25) is 4.99 Å². The molecule has 1 aliphatic rings. The zero-order valence-corrected chi connectivity index (χ0v) is 12.3. The monoisotopic (exact) mass is 267 g/mol. The minimum Gasteiger partial charge on any atom is -0.362 e. The van der Waals surface area contributed by atoms with Crippen molar-refractivity contribution in [3.05, 3.63) is 17.5 Å². The van der Waals surface area contributed by atoms with Gasteiger partial charge in [-0.25, -0.2) is 0 Å². The summed E-state index contributed by atoms with van der Waals surface area (Å²) in [4.78, 5) is 4.57. The van der Waals surface area contributed by atoms with Crippen LogP contribution in [-0.4, -0.2) is 22.1 Å². The van der Waals surface area contributed by atoms with Crippen molar-refractivity contribution in [1.82, 2.24) is 10.5 Å². The molecule has 1 aromatic rings. The second-order valence-electron chi connectivity index (χ2n) is 5.76. The zero-order valence-electron chi connectivity index (χ0n) is 11.5. The lowest BCUT2D eigenvalue weighted by Gasteiger charge is -2.35. The minimum absolute atomic E-state index is 0.268. The second-order valence-corrected chi connectivity index (χ2v) is 6.84. The molecular weight excluding hydrogens is 246 g/mol. The third-order valence-electron chi connectivity index (χ3n) is 3.04. The summed E-state index contributed by atoms with van der Waals surface area (Å²) in [6, 6.07) is 2.42. The fourth-order valence-electron chi connectivity index (χ4n) is 1.92. The van der Waals surface area contributed by atoms with Gasteiger partial charge in [-0.1, -0.05) is 37.7 Å². The number of nitrogens with one attached hydrogen (secondary N) is 1. The Morgan fingerprint density at radius 3 is 2.94 bits per heavy atom. The maximum Gasteiger partial charge on any atom is 0.158 e. The molecule has 0 bridgehead atoms. The Morgan fingerprint density at radius 1 is 1.56 bits per heavy atom. The van der Waals surface area contributed by atoms with Crippen LogP contribution in [0, 0.1) is 12.3 Å². The highest BCUT2D eigenvalue weighted by Gasteiger charge is 2.28. The van der Waals surface area contributed by atoms with Crippen LogP contribution in [0.4, 0.5) is 0 Å². The number of nitrogens with zero attached hydrogens (tertiary/aromatic N) is 2.